The lowest BCUT2D eigenvalue weighted by molar-refractivity contribution is 1.00. The van der Waals surface area contributed by atoms with Crippen molar-refractivity contribution in [1.82, 2.24) is 15.0 Å². The zero-order chi connectivity index (χ0) is 12.3. The summed E-state index contributed by atoms with van der Waals surface area (Å²) in [6.07, 6.45) is 0. The lowest BCUT2D eigenvalue weighted by Gasteiger charge is -2.06. The number of rotatable bonds is 4. The molecule has 0 saturated heterocycles. The minimum Gasteiger partial charge on any atom is -0.363 e. The number of hydrogen-bond acceptors (Lipinski definition) is 7. The summed E-state index contributed by atoms with van der Waals surface area (Å²) in [4.78, 5) is 12.7. The van der Waals surface area contributed by atoms with E-state index < -0.39 is 0 Å². The van der Waals surface area contributed by atoms with Crippen molar-refractivity contribution in [3.63, 3.8) is 0 Å². The molecule has 0 amide bonds. The van der Waals surface area contributed by atoms with Gasteiger partial charge in [0, 0.05) is 17.1 Å². The molecule has 17 heavy (non-hydrogen) atoms. The Morgan fingerprint density at radius 3 is 2.65 bits per heavy atom. The maximum atomic E-state index is 5.32. The Bertz CT molecular complexity index is 509. The van der Waals surface area contributed by atoms with Gasteiger partial charge < -0.3 is 10.7 Å². The van der Waals surface area contributed by atoms with E-state index in [0.717, 1.165) is 16.5 Å². The molecule has 4 N–H and O–H groups in total. The van der Waals surface area contributed by atoms with E-state index in [1.807, 2.05) is 19.2 Å². The molecular formula is C10H14N6S. The van der Waals surface area contributed by atoms with Gasteiger partial charge >= 0.3 is 0 Å². The Balaban J connectivity index is 2.05. The molecule has 0 unspecified atom stereocenters. The molecule has 2 heterocycles. The lowest BCUT2D eigenvalue weighted by atomic mass is 10.5. The molecule has 0 spiro atoms. The highest BCUT2D eigenvalue weighted by Gasteiger charge is 2.02. The number of nitrogen functional groups attached to an aromatic ring is 1. The van der Waals surface area contributed by atoms with Crippen molar-refractivity contribution in [3.05, 3.63) is 28.0 Å². The van der Waals surface area contributed by atoms with Crippen molar-refractivity contribution in [1.29, 1.82) is 0 Å². The van der Waals surface area contributed by atoms with E-state index in [2.05, 4.69) is 25.7 Å². The fourth-order valence-electron chi connectivity index (χ4n) is 1.38. The zero-order valence-electron chi connectivity index (χ0n) is 9.69. The van der Waals surface area contributed by atoms with Gasteiger partial charge in [-0.05, 0) is 13.8 Å². The van der Waals surface area contributed by atoms with Gasteiger partial charge in [-0.3, -0.25) is 0 Å². The first-order valence-corrected chi connectivity index (χ1v) is 6.02. The third kappa shape index (κ3) is 3.11. The quantitative estimate of drug-likeness (QED) is 0.562. The topological polar surface area (TPSA) is 88.8 Å². The Hall–Kier alpha value is -1.73. The van der Waals surface area contributed by atoms with Crippen LogP contribution in [0.5, 0.6) is 0 Å². The van der Waals surface area contributed by atoms with Gasteiger partial charge in [-0.2, -0.15) is 0 Å². The van der Waals surface area contributed by atoms with Crippen LogP contribution in [0.4, 0.5) is 11.6 Å². The highest BCUT2D eigenvalue weighted by atomic mass is 32.1. The Morgan fingerprint density at radius 2 is 2.00 bits per heavy atom. The molecule has 7 heteroatoms. The van der Waals surface area contributed by atoms with Gasteiger partial charge in [-0.1, -0.05) is 0 Å². The summed E-state index contributed by atoms with van der Waals surface area (Å²) < 4.78 is 0. The molecule has 2 aromatic rings. The molecule has 0 aromatic carbocycles. The van der Waals surface area contributed by atoms with Crippen LogP contribution in [-0.2, 0) is 6.54 Å². The predicted molar refractivity (Wildman–Crippen MR) is 68.8 cm³/mol. The lowest BCUT2D eigenvalue weighted by Crippen LogP contribution is -2.11. The molecule has 0 aliphatic carbocycles. The molecule has 0 aliphatic rings. The van der Waals surface area contributed by atoms with Gasteiger partial charge in [0.25, 0.3) is 0 Å². The maximum Gasteiger partial charge on any atom is 0.145 e. The van der Waals surface area contributed by atoms with Crippen LogP contribution in [-0.4, -0.2) is 15.0 Å². The normalized spacial score (nSPS) is 10.3. The smallest absolute Gasteiger partial charge is 0.145 e. The van der Waals surface area contributed by atoms with E-state index in [0.29, 0.717) is 18.2 Å². The average Bonchev–Trinajstić information content (AvgIpc) is 2.72. The number of hydrazine groups is 1. The number of aromatic nitrogens is 3. The molecule has 6 nitrogen and oxygen atoms in total. The summed E-state index contributed by atoms with van der Waals surface area (Å²) in [7, 11) is 0. The Kier molecular flexibility index (Phi) is 3.50. The summed E-state index contributed by atoms with van der Waals surface area (Å²) in [5.41, 5.74) is 3.54. The maximum absolute atomic E-state index is 5.32. The van der Waals surface area contributed by atoms with E-state index in [9.17, 15) is 0 Å². The number of thiazole rings is 1. The molecule has 2 rings (SSSR count). The highest BCUT2D eigenvalue weighted by molar-refractivity contribution is 7.09. The SMILES string of the molecule is Cc1csc(CNc2cc(NN)nc(C)n2)n1. The van der Waals surface area contributed by atoms with Gasteiger partial charge in [0.2, 0.25) is 0 Å². The second kappa shape index (κ2) is 5.07. The molecule has 2 aromatic heterocycles. The van der Waals surface area contributed by atoms with Gasteiger partial charge in [-0.15, -0.1) is 11.3 Å². The summed E-state index contributed by atoms with van der Waals surface area (Å²) in [6.45, 7) is 4.45. The van der Waals surface area contributed by atoms with Crippen molar-refractivity contribution in [3.8, 4) is 0 Å². The fraction of sp³-hybridized carbons (Fsp3) is 0.300. The fourth-order valence-corrected chi connectivity index (χ4v) is 2.09. The Morgan fingerprint density at radius 1 is 1.24 bits per heavy atom. The summed E-state index contributed by atoms with van der Waals surface area (Å²) in [5, 5.41) is 6.24. The van der Waals surface area contributed by atoms with Gasteiger partial charge in [0.15, 0.2) is 0 Å². The van der Waals surface area contributed by atoms with Gasteiger partial charge in [-0.25, -0.2) is 20.8 Å². The van der Waals surface area contributed by atoms with E-state index in [1.165, 1.54) is 0 Å². The molecule has 0 atom stereocenters. The minimum atomic E-state index is 0.593. The first kappa shape index (κ1) is 11.7. The first-order chi connectivity index (χ1) is 8.17. The van der Waals surface area contributed by atoms with Crippen molar-refractivity contribution in [2.24, 2.45) is 5.84 Å². The third-order valence-corrected chi connectivity index (χ3v) is 3.04. The number of aryl methyl sites for hydroxylation is 2. The second-order valence-corrected chi connectivity index (χ2v) is 4.51. The van der Waals surface area contributed by atoms with Crippen molar-refractivity contribution in [2.45, 2.75) is 20.4 Å². The average molecular weight is 250 g/mol. The van der Waals surface area contributed by atoms with Crippen LogP contribution < -0.4 is 16.6 Å². The number of anilines is 2. The van der Waals surface area contributed by atoms with Gasteiger partial charge in [0.05, 0.1) is 6.54 Å². The second-order valence-electron chi connectivity index (χ2n) is 3.57. The Labute approximate surface area is 103 Å². The van der Waals surface area contributed by atoms with Crippen LogP contribution in [0.15, 0.2) is 11.4 Å². The zero-order valence-corrected chi connectivity index (χ0v) is 10.5. The molecule has 0 fully saturated rings. The van der Waals surface area contributed by atoms with E-state index >= 15 is 0 Å². The summed E-state index contributed by atoms with van der Waals surface area (Å²) in [5.74, 6) is 7.31. The number of nitrogens with two attached hydrogens (primary N) is 1. The number of nitrogens with one attached hydrogen (secondary N) is 2. The third-order valence-electron chi connectivity index (χ3n) is 2.07. The van der Waals surface area contributed by atoms with Crippen LogP contribution in [0.1, 0.15) is 16.5 Å². The van der Waals surface area contributed by atoms with E-state index in [-0.39, 0.29) is 0 Å². The number of hydrogen-bond donors (Lipinski definition) is 3. The largest absolute Gasteiger partial charge is 0.363 e. The standard InChI is InChI=1S/C10H14N6S/c1-6-5-17-10(13-6)4-12-8-3-9(16-11)15-7(2)14-8/h3,5H,4,11H2,1-2H3,(H2,12,14,15,16). The van der Waals surface area contributed by atoms with Crippen LogP contribution in [0.3, 0.4) is 0 Å². The molecule has 90 valence electrons. The van der Waals surface area contributed by atoms with E-state index in [4.69, 9.17) is 5.84 Å². The molecule has 0 aliphatic heterocycles. The summed E-state index contributed by atoms with van der Waals surface area (Å²) in [6, 6.07) is 1.76. The molecule has 0 saturated carbocycles. The van der Waals surface area contributed by atoms with Crippen LogP contribution in [0.2, 0.25) is 0 Å². The van der Waals surface area contributed by atoms with Crippen molar-refractivity contribution >= 4 is 23.0 Å². The number of nitrogens with zero attached hydrogens (tertiary/aromatic N) is 3. The van der Waals surface area contributed by atoms with Crippen LogP contribution in [0, 0.1) is 13.8 Å². The molecular weight excluding hydrogens is 236 g/mol. The molecule has 0 bridgehead atoms. The monoisotopic (exact) mass is 250 g/mol. The van der Waals surface area contributed by atoms with Crippen molar-refractivity contribution < 1.29 is 0 Å². The predicted octanol–water partition coefficient (Wildman–Crippen LogP) is 1.45. The molecule has 0 radical (unpaired) electrons. The highest BCUT2D eigenvalue weighted by Crippen LogP contribution is 2.13. The summed E-state index contributed by atoms with van der Waals surface area (Å²) >= 11 is 1.63. The first-order valence-electron chi connectivity index (χ1n) is 5.14. The van der Waals surface area contributed by atoms with Gasteiger partial charge in [0.1, 0.15) is 22.5 Å². The minimum absolute atomic E-state index is 0.593. The van der Waals surface area contributed by atoms with Crippen LogP contribution in [0.25, 0.3) is 0 Å². The van der Waals surface area contributed by atoms with Crippen molar-refractivity contribution in [2.75, 3.05) is 10.7 Å². The van der Waals surface area contributed by atoms with E-state index in [1.54, 1.807) is 17.4 Å². The van der Waals surface area contributed by atoms with Crippen LogP contribution >= 0.6 is 11.3 Å².